The Morgan fingerprint density at radius 2 is 2.04 bits per heavy atom. The Balaban J connectivity index is 1.63. The summed E-state index contributed by atoms with van der Waals surface area (Å²) in [6.45, 7) is 7.59. The first-order valence-corrected chi connectivity index (χ1v) is 10.7. The average molecular weight is 406 g/mol. The van der Waals surface area contributed by atoms with Crippen LogP contribution < -0.4 is 0 Å². The third-order valence-corrected chi connectivity index (χ3v) is 6.18. The maximum Gasteiger partial charge on any atom is 0.233 e. The van der Waals surface area contributed by atoms with Crippen molar-refractivity contribution in [3.8, 4) is 0 Å². The molecule has 3 rings (SSSR count). The van der Waals surface area contributed by atoms with Crippen molar-refractivity contribution in [3.63, 3.8) is 0 Å². The zero-order valence-electron chi connectivity index (χ0n) is 16.7. The Morgan fingerprint density at radius 3 is 2.68 bits per heavy atom. The molecule has 1 amide bonds. The van der Waals surface area contributed by atoms with Gasteiger partial charge in [-0.1, -0.05) is 37.7 Å². The first-order chi connectivity index (χ1) is 13.4. The Morgan fingerprint density at radius 1 is 1.29 bits per heavy atom. The fourth-order valence-corrected chi connectivity index (χ4v) is 4.35. The van der Waals surface area contributed by atoms with Gasteiger partial charge in [-0.15, -0.1) is 10.2 Å². The van der Waals surface area contributed by atoms with Crippen molar-refractivity contribution in [2.45, 2.75) is 38.0 Å². The third-order valence-electron chi connectivity index (χ3n) is 5.17. The fourth-order valence-electron chi connectivity index (χ4n) is 3.56. The Labute approximate surface area is 170 Å². The molecular weight excluding hydrogens is 377 g/mol. The molecule has 28 heavy (non-hydrogen) atoms. The van der Waals surface area contributed by atoms with Crippen LogP contribution >= 0.6 is 11.8 Å². The number of benzene rings is 1. The molecule has 6 nitrogen and oxygen atoms in total. The van der Waals surface area contributed by atoms with Gasteiger partial charge in [0.05, 0.1) is 5.75 Å². The molecule has 0 aliphatic carbocycles. The number of hydrogen-bond donors (Lipinski definition) is 0. The van der Waals surface area contributed by atoms with Crippen LogP contribution in [-0.4, -0.2) is 61.9 Å². The number of nitrogens with zero attached hydrogens (tertiary/aromatic N) is 5. The minimum absolute atomic E-state index is 0.141. The summed E-state index contributed by atoms with van der Waals surface area (Å²) in [5, 5.41) is 8.64. The first kappa shape index (κ1) is 20.8. The van der Waals surface area contributed by atoms with Gasteiger partial charge in [-0.2, -0.15) is 0 Å². The van der Waals surface area contributed by atoms with Crippen LogP contribution in [0.3, 0.4) is 0 Å². The molecule has 1 aliphatic heterocycles. The van der Waals surface area contributed by atoms with Gasteiger partial charge in [0.25, 0.3) is 0 Å². The van der Waals surface area contributed by atoms with Crippen molar-refractivity contribution >= 4 is 17.7 Å². The highest BCUT2D eigenvalue weighted by Gasteiger charge is 2.29. The van der Waals surface area contributed by atoms with Crippen molar-refractivity contribution < 1.29 is 9.18 Å². The minimum Gasteiger partial charge on any atom is -0.340 e. The SMILES string of the molecule is CC(C)C1CN(C(=O)CSc2nncn2C)CCCN1Cc1ccc(F)cc1. The van der Waals surface area contributed by atoms with Crippen LogP contribution in [0.1, 0.15) is 25.8 Å². The summed E-state index contributed by atoms with van der Waals surface area (Å²) in [6.07, 6.45) is 2.58. The summed E-state index contributed by atoms with van der Waals surface area (Å²) in [5.41, 5.74) is 1.10. The van der Waals surface area contributed by atoms with Crippen LogP contribution in [-0.2, 0) is 18.4 Å². The molecular formula is C20H28FN5OS. The number of aromatic nitrogens is 3. The summed E-state index contributed by atoms with van der Waals surface area (Å²) in [7, 11) is 1.88. The van der Waals surface area contributed by atoms with Crippen LogP contribution in [0.5, 0.6) is 0 Å². The largest absolute Gasteiger partial charge is 0.340 e. The molecule has 0 radical (unpaired) electrons. The Hall–Kier alpha value is -1.93. The van der Waals surface area contributed by atoms with Gasteiger partial charge in [-0.3, -0.25) is 9.69 Å². The molecule has 1 aromatic heterocycles. The van der Waals surface area contributed by atoms with Crippen LogP contribution in [0, 0.1) is 11.7 Å². The molecule has 1 atom stereocenters. The van der Waals surface area contributed by atoms with E-state index in [1.165, 1.54) is 23.9 Å². The van der Waals surface area contributed by atoms with E-state index in [0.29, 0.717) is 11.7 Å². The van der Waals surface area contributed by atoms with Crippen molar-refractivity contribution in [3.05, 3.63) is 42.0 Å². The first-order valence-electron chi connectivity index (χ1n) is 9.67. The lowest BCUT2D eigenvalue weighted by Crippen LogP contribution is -2.46. The lowest BCUT2D eigenvalue weighted by molar-refractivity contribution is -0.128. The number of rotatable bonds is 6. The van der Waals surface area contributed by atoms with Crippen molar-refractivity contribution in [2.24, 2.45) is 13.0 Å². The molecule has 0 saturated carbocycles. The van der Waals surface area contributed by atoms with Gasteiger partial charge >= 0.3 is 0 Å². The smallest absolute Gasteiger partial charge is 0.233 e. The summed E-state index contributed by atoms with van der Waals surface area (Å²) >= 11 is 1.43. The molecule has 0 bridgehead atoms. The molecule has 1 unspecified atom stereocenters. The Bertz CT molecular complexity index is 779. The maximum atomic E-state index is 13.2. The summed E-state index contributed by atoms with van der Waals surface area (Å²) in [6, 6.07) is 6.99. The van der Waals surface area contributed by atoms with Gasteiger partial charge in [0.15, 0.2) is 5.16 Å². The van der Waals surface area contributed by atoms with Gasteiger partial charge in [-0.05, 0) is 30.0 Å². The van der Waals surface area contributed by atoms with Crippen LogP contribution in [0.15, 0.2) is 35.7 Å². The minimum atomic E-state index is -0.211. The van der Waals surface area contributed by atoms with Gasteiger partial charge < -0.3 is 9.47 Å². The average Bonchev–Trinajstić information content (AvgIpc) is 2.95. The summed E-state index contributed by atoms with van der Waals surface area (Å²) < 4.78 is 15.0. The second-order valence-electron chi connectivity index (χ2n) is 7.61. The normalized spacial score (nSPS) is 18.5. The standard InChI is InChI=1S/C20H28FN5OS/c1-15(2)18-12-26(19(27)13-28-20-23-22-14-24(20)3)10-4-9-25(18)11-16-5-7-17(21)8-6-16/h5-8,14-15,18H,4,9-13H2,1-3H3. The monoisotopic (exact) mass is 405 g/mol. The highest BCUT2D eigenvalue weighted by molar-refractivity contribution is 7.99. The maximum absolute atomic E-state index is 13.2. The molecule has 1 aromatic carbocycles. The van der Waals surface area contributed by atoms with Gasteiger partial charge in [0.2, 0.25) is 5.91 Å². The third kappa shape index (κ3) is 5.32. The summed E-state index contributed by atoms with van der Waals surface area (Å²) in [5.74, 6) is 0.717. The van der Waals surface area contributed by atoms with E-state index < -0.39 is 0 Å². The van der Waals surface area contributed by atoms with Crippen LogP contribution in [0.2, 0.25) is 0 Å². The molecule has 1 fully saturated rings. The van der Waals surface area contributed by atoms with E-state index in [1.807, 2.05) is 28.6 Å². The van der Waals surface area contributed by atoms with Gasteiger partial charge in [-0.25, -0.2) is 4.39 Å². The molecule has 8 heteroatoms. The topological polar surface area (TPSA) is 54.3 Å². The highest BCUT2D eigenvalue weighted by atomic mass is 32.2. The van der Waals surface area contributed by atoms with Gasteiger partial charge in [0, 0.05) is 39.3 Å². The van der Waals surface area contributed by atoms with Crippen LogP contribution in [0.4, 0.5) is 4.39 Å². The van der Waals surface area contributed by atoms with E-state index in [0.717, 1.165) is 43.3 Å². The number of halogens is 1. The lowest BCUT2D eigenvalue weighted by Gasteiger charge is -2.34. The lowest BCUT2D eigenvalue weighted by atomic mass is 10.0. The number of thioether (sulfide) groups is 1. The number of amides is 1. The van der Waals surface area contributed by atoms with E-state index in [-0.39, 0.29) is 17.8 Å². The van der Waals surface area contributed by atoms with Crippen molar-refractivity contribution in [1.82, 2.24) is 24.6 Å². The predicted molar refractivity (Wildman–Crippen MR) is 108 cm³/mol. The highest BCUT2D eigenvalue weighted by Crippen LogP contribution is 2.22. The second kappa shape index (κ2) is 9.52. The van der Waals surface area contributed by atoms with E-state index in [9.17, 15) is 9.18 Å². The Kier molecular flexibility index (Phi) is 7.07. The van der Waals surface area contributed by atoms with E-state index in [1.54, 1.807) is 6.33 Å². The predicted octanol–water partition coefficient (Wildman–Crippen LogP) is 2.81. The summed E-state index contributed by atoms with van der Waals surface area (Å²) in [4.78, 5) is 17.2. The molecule has 0 spiro atoms. The molecule has 2 heterocycles. The number of carbonyl (C=O) groups excluding carboxylic acids is 1. The quantitative estimate of drug-likeness (QED) is 0.692. The second-order valence-corrected chi connectivity index (χ2v) is 8.56. The number of hydrogen-bond acceptors (Lipinski definition) is 5. The zero-order valence-corrected chi connectivity index (χ0v) is 17.5. The van der Waals surface area contributed by atoms with Gasteiger partial charge in [0.1, 0.15) is 12.1 Å². The molecule has 0 N–H and O–H groups in total. The zero-order chi connectivity index (χ0) is 20.1. The van der Waals surface area contributed by atoms with Crippen molar-refractivity contribution in [1.29, 1.82) is 0 Å². The number of aryl methyl sites for hydroxylation is 1. The molecule has 1 saturated heterocycles. The number of carbonyl (C=O) groups is 1. The van der Waals surface area contributed by atoms with Crippen LogP contribution in [0.25, 0.3) is 0 Å². The van der Waals surface area contributed by atoms with E-state index >= 15 is 0 Å². The molecule has 2 aromatic rings. The van der Waals surface area contributed by atoms with E-state index in [4.69, 9.17) is 0 Å². The molecule has 1 aliphatic rings. The fraction of sp³-hybridized carbons (Fsp3) is 0.550. The van der Waals surface area contributed by atoms with E-state index in [2.05, 4.69) is 28.9 Å². The molecule has 152 valence electrons. The van der Waals surface area contributed by atoms with Crippen molar-refractivity contribution in [2.75, 3.05) is 25.4 Å².